The molecule has 1 aliphatic heterocycles. The van der Waals surface area contributed by atoms with Crippen molar-refractivity contribution in [3.63, 3.8) is 0 Å². The SMILES string of the molecule is C#Cc1cccc2c3c(n(CCC)c12)CCN(C(=O)OCc1ccccc1)C3.CC. The number of aryl methyl sites for hydroxylation is 1. The van der Waals surface area contributed by atoms with E-state index in [1.165, 1.54) is 11.3 Å². The Morgan fingerprint density at radius 2 is 1.90 bits per heavy atom. The summed E-state index contributed by atoms with van der Waals surface area (Å²) in [5.74, 6) is 2.82. The van der Waals surface area contributed by atoms with Gasteiger partial charge in [0.25, 0.3) is 0 Å². The van der Waals surface area contributed by atoms with Crippen LogP contribution in [0.4, 0.5) is 4.79 Å². The molecule has 2 aromatic carbocycles. The maximum atomic E-state index is 12.6. The Hall–Kier alpha value is -3.19. The van der Waals surface area contributed by atoms with Crippen LogP contribution in [0.3, 0.4) is 0 Å². The van der Waals surface area contributed by atoms with E-state index in [-0.39, 0.29) is 6.09 Å². The van der Waals surface area contributed by atoms with E-state index in [4.69, 9.17) is 11.2 Å². The lowest BCUT2D eigenvalue weighted by Gasteiger charge is -2.27. The van der Waals surface area contributed by atoms with Crippen LogP contribution in [0.2, 0.25) is 0 Å². The maximum Gasteiger partial charge on any atom is 0.410 e. The van der Waals surface area contributed by atoms with E-state index >= 15 is 0 Å². The third kappa shape index (κ3) is 4.21. The summed E-state index contributed by atoms with van der Waals surface area (Å²) >= 11 is 0. The molecule has 0 atom stereocenters. The molecule has 0 saturated carbocycles. The fourth-order valence-electron chi connectivity index (χ4n) is 4.06. The summed E-state index contributed by atoms with van der Waals surface area (Å²) in [6, 6.07) is 15.9. The average molecular weight is 403 g/mol. The second kappa shape index (κ2) is 10.0. The highest BCUT2D eigenvalue weighted by atomic mass is 16.6. The Kier molecular flexibility index (Phi) is 7.19. The third-order valence-corrected chi connectivity index (χ3v) is 5.34. The van der Waals surface area contributed by atoms with Crippen LogP contribution < -0.4 is 0 Å². The van der Waals surface area contributed by atoms with Crippen molar-refractivity contribution >= 4 is 17.0 Å². The van der Waals surface area contributed by atoms with E-state index < -0.39 is 0 Å². The largest absolute Gasteiger partial charge is 0.445 e. The summed E-state index contributed by atoms with van der Waals surface area (Å²) < 4.78 is 7.90. The van der Waals surface area contributed by atoms with Crippen LogP contribution in [-0.4, -0.2) is 22.1 Å². The van der Waals surface area contributed by atoms with Crippen molar-refractivity contribution in [2.75, 3.05) is 6.54 Å². The van der Waals surface area contributed by atoms with Crippen molar-refractivity contribution in [3.8, 4) is 12.3 Å². The second-order valence-electron chi connectivity index (χ2n) is 7.13. The topological polar surface area (TPSA) is 34.5 Å². The number of para-hydroxylation sites is 1. The Morgan fingerprint density at radius 1 is 1.13 bits per heavy atom. The summed E-state index contributed by atoms with van der Waals surface area (Å²) in [5.41, 5.74) is 5.52. The van der Waals surface area contributed by atoms with Crippen molar-refractivity contribution in [1.82, 2.24) is 9.47 Å². The van der Waals surface area contributed by atoms with Crippen molar-refractivity contribution in [3.05, 3.63) is 70.9 Å². The molecule has 0 fully saturated rings. The van der Waals surface area contributed by atoms with Gasteiger partial charge < -0.3 is 14.2 Å². The predicted octanol–water partition coefficient (Wildman–Crippen LogP) is 5.75. The number of hydrogen-bond acceptors (Lipinski definition) is 2. The van der Waals surface area contributed by atoms with Crippen LogP contribution in [-0.2, 0) is 30.9 Å². The number of terminal acetylenes is 1. The summed E-state index contributed by atoms with van der Waals surface area (Å²) in [6.07, 6.45) is 7.35. The minimum Gasteiger partial charge on any atom is -0.445 e. The van der Waals surface area contributed by atoms with Crippen LogP contribution in [0.5, 0.6) is 0 Å². The first-order valence-electron chi connectivity index (χ1n) is 10.8. The maximum absolute atomic E-state index is 12.6. The lowest BCUT2D eigenvalue weighted by molar-refractivity contribution is 0.0917. The minimum absolute atomic E-state index is 0.265. The highest BCUT2D eigenvalue weighted by molar-refractivity contribution is 5.91. The van der Waals surface area contributed by atoms with Gasteiger partial charge in [0.1, 0.15) is 6.61 Å². The first kappa shape index (κ1) is 21.5. The van der Waals surface area contributed by atoms with E-state index in [2.05, 4.69) is 23.5 Å². The van der Waals surface area contributed by atoms with Gasteiger partial charge >= 0.3 is 6.09 Å². The molecule has 1 amide bonds. The zero-order valence-electron chi connectivity index (χ0n) is 18.1. The van der Waals surface area contributed by atoms with Crippen molar-refractivity contribution in [2.45, 2.75) is 53.3 Å². The van der Waals surface area contributed by atoms with Gasteiger partial charge in [-0.15, -0.1) is 6.42 Å². The highest BCUT2D eigenvalue weighted by Crippen LogP contribution is 2.33. The summed E-state index contributed by atoms with van der Waals surface area (Å²) in [4.78, 5) is 14.4. The van der Waals surface area contributed by atoms with Gasteiger partial charge in [-0.1, -0.05) is 69.2 Å². The number of rotatable bonds is 4. The molecule has 2 heterocycles. The van der Waals surface area contributed by atoms with E-state index in [1.807, 2.05) is 56.3 Å². The van der Waals surface area contributed by atoms with Crippen LogP contribution >= 0.6 is 0 Å². The van der Waals surface area contributed by atoms with Gasteiger partial charge in [0.05, 0.1) is 12.1 Å². The molecule has 3 aromatic rings. The first-order valence-corrected chi connectivity index (χ1v) is 10.8. The fraction of sp³-hybridized carbons (Fsp3) is 0.346. The molecule has 0 unspecified atom stereocenters. The van der Waals surface area contributed by atoms with E-state index in [1.54, 1.807) is 4.90 Å². The molecule has 0 saturated heterocycles. The third-order valence-electron chi connectivity index (χ3n) is 5.34. The number of benzene rings is 2. The number of nitrogens with zero attached hydrogens (tertiary/aromatic N) is 2. The molecule has 0 N–H and O–H groups in total. The standard InChI is InChI=1S/C24H24N2O2.C2H6/c1-3-14-26-22-13-15-25(24(27)28-17-18-9-6-5-7-10-18)16-21(22)20-12-8-11-19(4-2)23(20)26;1-2/h2,5-12H,3,13-17H2,1H3;1-2H3. The molecule has 0 aliphatic carbocycles. The number of ether oxygens (including phenoxy) is 1. The quantitative estimate of drug-likeness (QED) is 0.521. The minimum atomic E-state index is -0.265. The highest BCUT2D eigenvalue weighted by Gasteiger charge is 2.27. The number of carbonyl (C=O) groups is 1. The lowest BCUT2D eigenvalue weighted by atomic mass is 10.0. The number of fused-ring (bicyclic) bond motifs is 3. The van der Waals surface area contributed by atoms with Gasteiger partial charge in [-0.05, 0) is 18.1 Å². The molecule has 0 spiro atoms. The number of amides is 1. The van der Waals surface area contributed by atoms with Crippen LogP contribution in [0.15, 0.2) is 48.5 Å². The van der Waals surface area contributed by atoms with Gasteiger partial charge in [-0.3, -0.25) is 0 Å². The normalized spacial score (nSPS) is 12.5. The zero-order chi connectivity index (χ0) is 21.5. The Labute approximate surface area is 179 Å². The first-order chi connectivity index (χ1) is 14.7. The van der Waals surface area contributed by atoms with Gasteiger partial charge in [0.2, 0.25) is 0 Å². The lowest BCUT2D eigenvalue weighted by Crippen LogP contribution is -2.36. The number of hydrogen-bond donors (Lipinski definition) is 0. The van der Waals surface area contributed by atoms with Crippen LogP contribution in [0.25, 0.3) is 10.9 Å². The monoisotopic (exact) mass is 402 g/mol. The summed E-state index contributed by atoms with van der Waals surface area (Å²) in [6.45, 7) is 8.62. The van der Waals surface area contributed by atoms with E-state index in [0.717, 1.165) is 41.4 Å². The summed E-state index contributed by atoms with van der Waals surface area (Å²) in [5, 5.41) is 1.15. The molecule has 1 aromatic heterocycles. The van der Waals surface area contributed by atoms with Gasteiger partial charge in [-0.2, -0.15) is 0 Å². The fourth-order valence-corrected chi connectivity index (χ4v) is 4.06. The Morgan fingerprint density at radius 3 is 2.60 bits per heavy atom. The smallest absolute Gasteiger partial charge is 0.410 e. The van der Waals surface area contributed by atoms with E-state index in [0.29, 0.717) is 19.7 Å². The molecular formula is C26H30N2O2. The second-order valence-corrected chi connectivity index (χ2v) is 7.13. The van der Waals surface area contributed by atoms with Crippen molar-refractivity contribution < 1.29 is 9.53 Å². The van der Waals surface area contributed by atoms with Crippen LogP contribution in [0, 0.1) is 12.3 Å². The predicted molar refractivity (Wildman–Crippen MR) is 122 cm³/mol. The van der Waals surface area contributed by atoms with Gasteiger partial charge in [-0.25, -0.2) is 4.79 Å². The molecular weight excluding hydrogens is 372 g/mol. The van der Waals surface area contributed by atoms with E-state index in [9.17, 15) is 4.79 Å². The molecule has 0 bridgehead atoms. The molecule has 4 heteroatoms. The molecule has 30 heavy (non-hydrogen) atoms. The zero-order valence-corrected chi connectivity index (χ0v) is 18.1. The van der Waals surface area contributed by atoms with Crippen LogP contribution in [0.1, 0.15) is 49.6 Å². The molecule has 1 aliphatic rings. The summed E-state index contributed by atoms with van der Waals surface area (Å²) in [7, 11) is 0. The number of aromatic nitrogens is 1. The number of carbonyl (C=O) groups excluding carboxylic acids is 1. The van der Waals surface area contributed by atoms with Crippen molar-refractivity contribution in [2.24, 2.45) is 0 Å². The molecule has 156 valence electrons. The molecule has 4 rings (SSSR count). The molecule has 0 radical (unpaired) electrons. The van der Waals surface area contributed by atoms with Gasteiger partial charge in [0, 0.05) is 41.7 Å². The Balaban J connectivity index is 0.00000124. The Bertz CT molecular complexity index is 1040. The average Bonchev–Trinajstić information content (AvgIpc) is 3.13. The van der Waals surface area contributed by atoms with Gasteiger partial charge in [0.15, 0.2) is 0 Å². The van der Waals surface area contributed by atoms with Crippen molar-refractivity contribution in [1.29, 1.82) is 0 Å². The molecule has 4 nitrogen and oxygen atoms in total.